The minimum atomic E-state index is -1.22. The van der Waals surface area contributed by atoms with E-state index in [-0.39, 0.29) is 33.4 Å². The molecular weight excluding hydrogens is 592 g/mol. The number of hydrogen-bond acceptors (Lipinski definition) is 8. The molecule has 2 aliphatic carbocycles. The van der Waals surface area contributed by atoms with Gasteiger partial charge in [-0.2, -0.15) is 0 Å². The molecule has 0 spiro atoms. The van der Waals surface area contributed by atoms with Gasteiger partial charge in [-0.25, -0.2) is 27.5 Å². The molecule has 5 aromatic rings. The van der Waals surface area contributed by atoms with Crippen molar-refractivity contribution in [3.05, 3.63) is 102 Å². The summed E-state index contributed by atoms with van der Waals surface area (Å²) in [6.07, 6.45) is 2.62. The fourth-order valence-corrected chi connectivity index (χ4v) is 7.31. The van der Waals surface area contributed by atoms with Crippen LogP contribution in [-0.4, -0.2) is 33.1 Å². The fourth-order valence-electron chi connectivity index (χ4n) is 5.17. The van der Waals surface area contributed by atoms with E-state index >= 15 is 0 Å². The van der Waals surface area contributed by atoms with E-state index in [0.29, 0.717) is 45.3 Å². The quantitative estimate of drug-likeness (QED) is 0.122. The lowest BCUT2D eigenvalue weighted by Gasteiger charge is -2.00. The molecule has 2 heterocycles. The molecule has 12 heteroatoms. The van der Waals surface area contributed by atoms with Gasteiger partial charge in [0.1, 0.15) is 10.0 Å². The first-order valence-electron chi connectivity index (χ1n) is 12.2. The van der Waals surface area contributed by atoms with Gasteiger partial charge in [0.15, 0.2) is 46.4 Å². The molecule has 3 aromatic carbocycles. The summed E-state index contributed by atoms with van der Waals surface area (Å²) < 4.78 is 56.2. The number of benzene rings is 3. The van der Waals surface area contributed by atoms with Gasteiger partial charge in [0.2, 0.25) is 0 Å². The smallest absolute Gasteiger partial charge is 0.197 e. The number of carbonyl (C=O) groups excluding carboxylic acids is 4. The lowest BCUT2D eigenvalue weighted by atomic mass is 10.1. The van der Waals surface area contributed by atoms with Crippen LogP contribution in [-0.2, 0) is 0 Å². The number of aromatic nitrogens is 2. The van der Waals surface area contributed by atoms with Crippen LogP contribution in [0.15, 0.2) is 35.4 Å². The van der Waals surface area contributed by atoms with Crippen LogP contribution in [0.3, 0.4) is 0 Å². The number of rotatable bonds is 2. The maximum atomic E-state index is 13.7. The van der Waals surface area contributed by atoms with E-state index in [1.54, 1.807) is 13.8 Å². The number of fused-ring (bicyclic) bond motifs is 4. The number of halogens is 4. The van der Waals surface area contributed by atoms with Gasteiger partial charge in [0.05, 0.1) is 31.6 Å². The zero-order valence-corrected chi connectivity index (χ0v) is 23.0. The largest absolute Gasteiger partial charge is 0.288 e. The molecule has 0 fully saturated rings. The highest BCUT2D eigenvalue weighted by Crippen LogP contribution is 2.40. The zero-order valence-electron chi connectivity index (χ0n) is 21.3. The van der Waals surface area contributed by atoms with Crippen molar-refractivity contribution >= 4 is 78.4 Å². The second-order valence-electron chi connectivity index (χ2n) is 9.77. The van der Waals surface area contributed by atoms with Crippen molar-refractivity contribution < 1.29 is 36.7 Å². The van der Waals surface area contributed by atoms with Crippen molar-refractivity contribution in [3.63, 3.8) is 0 Å². The van der Waals surface area contributed by atoms with E-state index in [1.807, 2.05) is 0 Å². The summed E-state index contributed by atoms with van der Waals surface area (Å²) in [7, 11) is 0. The minimum absolute atomic E-state index is 0.206. The molecule has 0 radical (unpaired) electrons. The number of ketones is 4. The van der Waals surface area contributed by atoms with Gasteiger partial charge in [0.25, 0.3) is 0 Å². The van der Waals surface area contributed by atoms with E-state index in [2.05, 4.69) is 9.97 Å². The summed E-state index contributed by atoms with van der Waals surface area (Å²) in [6.45, 7) is 3.60. The number of carbonyl (C=O) groups is 4. The van der Waals surface area contributed by atoms with Crippen molar-refractivity contribution in [1.29, 1.82) is 0 Å². The van der Waals surface area contributed by atoms with E-state index in [0.717, 1.165) is 20.5 Å². The average molecular weight is 605 g/mol. The van der Waals surface area contributed by atoms with Crippen LogP contribution < -0.4 is 0 Å². The van der Waals surface area contributed by atoms with Crippen LogP contribution in [0.25, 0.3) is 32.6 Å². The van der Waals surface area contributed by atoms with Gasteiger partial charge in [-0.15, -0.1) is 22.7 Å². The highest BCUT2D eigenvalue weighted by Gasteiger charge is 2.36. The lowest BCUT2D eigenvalue weighted by molar-refractivity contribution is 0.0975. The Balaban J connectivity index is 1.29. The summed E-state index contributed by atoms with van der Waals surface area (Å²) in [4.78, 5) is 60.4. The zero-order chi connectivity index (χ0) is 29.8. The fraction of sp³-hybridized carbons (Fsp3) is 0.0667. The Morgan fingerprint density at radius 1 is 0.548 bits per heavy atom. The SMILES string of the molecule is Cc1c2nc(C=C3C(=O)c4cc(F)c(F)cc4C3=O)sc2c(C)c2nc(C=C3C(=O)c4cc(F)c(F)cc4C3=O)sc12. The highest BCUT2D eigenvalue weighted by atomic mass is 32.1. The third kappa shape index (κ3) is 3.61. The van der Waals surface area contributed by atoms with Gasteiger partial charge in [-0.3, -0.25) is 19.2 Å². The van der Waals surface area contributed by atoms with Crippen LogP contribution in [0.2, 0.25) is 0 Å². The normalized spacial score (nSPS) is 14.5. The molecule has 42 heavy (non-hydrogen) atoms. The molecule has 0 N–H and O–H groups in total. The second kappa shape index (κ2) is 8.91. The Morgan fingerprint density at radius 3 is 1.12 bits per heavy atom. The summed E-state index contributed by atoms with van der Waals surface area (Å²) in [5, 5.41) is 0.669. The molecule has 0 unspecified atom stereocenters. The topological polar surface area (TPSA) is 94.1 Å². The van der Waals surface area contributed by atoms with E-state index < -0.39 is 46.4 Å². The van der Waals surface area contributed by atoms with Crippen molar-refractivity contribution in [3.8, 4) is 0 Å². The highest BCUT2D eigenvalue weighted by molar-refractivity contribution is 7.21. The molecular formula is C30H12F4N2O4S2. The van der Waals surface area contributed by atoms with Crippen molar-refractivity contribution in [2.45, 2.75) is 13.8 Å². The van der Waals surface area contributed by atoms with Gasteiger partial charge < -0.3 is 0 Å². The molecule has 2 aromatic heterocycles. The first-order chi connectivity index (χ1) is 19.9. The predicted octanol–water partition coefficient (Wildman–Crippen LogP) is 7.00. The molecule has 0 amide bonds. The molecule has 0 saturated carbocycles. The third-order valence-electron chi connectivity index (χ3n) is 7.29. The maximum absolute atomic E-state index is 13.7. The monoisotopic (exact) mass is 604 g/mol. The number of aryl methyl sites for hydroxylation is 2. The Labute approximate surface area is 240 Å². The van der Waals surface area contributed by atoms with Crippen LogP contribution in [0.4, 0.5) is 17.6 Å². The Hall–Kier alpha value is -4.68. The molecule has 0 atom stereocenters. The van der Waals surface area contributed by atoms with Crippen LogP contribution in [0.5, 0.6) is 0 Å². The van der Waals surface area contributed by atoms with Crippen molar-refractivity contribution in [2.24, 2.45) is 0 Å². The van der Waals surface area contributed by atoms with E-state index in [9.17, 15) is 36.7 Å². The van der Waals surface area contributed by atoms with Gasteiger partial charge in [0, 0.05) is 22.3 Å². The summed E-state index contributed by atoms with van der Waals surface area (Å²) in [5.74, 6) is -7.76. The van der Waals surface area contributed by atoms with Gasteiger partial charge >= 0.3 is 0 Å². The maximum Gasteiger partial charge on any atom is 0.197 e. The Morgan fingerprint density at radius 2 is 0.833 bits per heavy atom. The average Bonchev–Trinajstić information content (AvgIpc) is 3.68. The van der Waals surface area contributed by atoms with Gasteiger partial charge in [-0.1, -0.05) is 0 Å². The van der Waals surface area contributed by atoms with Crippen molar-refractivity contribution in [1.82, 2.24) is 9.97 Å². The molecule has 0 saturated heterocycles. The summed E-state index contributed by atoms with van der Waals surface area (Å²) in [5.41, 5.74) is 1.30. The van der Waals surface area contributed by atoms with E-state index in [1.165, 1.54) is 34.8 Å². The molecule has 7 rings (SSSR count). The number of hydrogen-bond donors (Lipinski definition) is 0. The van der Waals surface area contributed by atoms with Crippen LogP contribution in [0, 0.1) is 37.1 Å². The Bertz CT molecular complexity index is 1950. The Kier molecular flexibility index (Phi) is 5.56. The number of thiazole rings is 2. The van der Waals surface area contributed by atoms with E-state index in [4.69, 9.17) is 0 Å². The molecule has 206 valence electrons. The number of Topliss-reactive ketones (excluding diaryl/α,β-unsaturated/α-hetero) is 4. The standard InChI is InChI=1S/C30H12F4N2O4S2/c1-9-23-30(42-21(35-23)7-15-25(37)11-3-17(31)18(32)4-12(11)26(15)38)10(2)24-29(9)41-22(36-24)8-16-27(39)13-5-19(33)20(34)6-14(13)28(16)40/h3-8H,1-2H3. The molecule has 0 bridgehead atoms. The van der Waals surface area contributed by atoms with Gasteiger partial charge in [-0.05, 0) is 61.4 Å². The first-order valence-corrected chi connectivity index (χ1v) is 13.9. The summed E-state index contributed by atoms with van der Waals surface area (Å²) in [6, 6.07) is 2.86. The minimum Gasteiger partial charge on any atom is -0.288 e. The second-order valence-corrected chi connectivity index (χ2v) is 11.8. The summed E-state index contributed by atoms with van der Waals surface area (Å²) >= 11 is 2.39. The predicted molar refractivity (Wildman–Crippen MR) is 148 cm³/mol. The lowest BCUT2D eigenvalue weighted by Crippen LogP contribution is -2.00. The molecule has 0 aliphatic heterocycles. The molecule has 2 aliphatic rings. The third-order valence-corrected chi connectivity index (χ3v) is 9.54. The van der Waals surface area contributed by atoms with Crippen LogP contribution in [0.1, 0.15) is 62.6 Å². The van der Waals surface area contributed by atoms with Crippen LogP contribution >= 0.6 is 22.7 Å². The number of nitrogens with zero attached hydrogens (tertiary/aromatic N) is 2. The first kappa shape index (κ1) is 26.2. The number of allylic oxidation sites excluding steroid dienone is 2. The molecule has 6 nitrogen and oxygen atoms in total. The van der Waals surface area contributed by atoms with Crippen molar-refractivity contribution in [2.75, 3.05) is 0 Å².